The smallest absolute Gasteiger partial charge is 0.146 e. The average Bonchev–Trinajstić information content (AvgIpc) is 2.78. The number of Topliss-reactive ketones (excluding diaryl/α,β-unsaturated/α-hetero) is 1. The first-order chi connectivity index (χ1) is 14.9. The van der Waals surface area contributed by atoms with Gasteiger partial charge in [0.15, 0.2) is 0 Å². The van der Waals surface area contributed by atoms with Crippen molar-refractivity contribution >= 4 is 5.78 Å². The Kier molecular flexibility index (Phi) is 8.58. The van der Waals surface area contributed by atoms with Gasteiger partial charge in [0, 0.05) is 19.4 Å². The van der Waals surface area contributed by atoms with Gasteiger partial charge in [-0.25, -0.2) is 0 Å². The first-order valence-electron chi connectivity index (χ1n) is 12.2. The van der Waals surface area contributed by atoms with Crippen LogP contribution in [0.15, 0.2) is 18.2 Å². The molecule has 4 atom stereocenters. The zero-order valence-corrected chi connectivity index (χ0v) is 20.2. The molecule has 2 bridgehead atoms. The van der Waals surface area contributed by atoms with Crippen LogP contribution in [0.2, 0.25) is 0 Å². The zero-order chi connectivity index (χ0) is 22.4. The minimum Gasteiger partial charge on any atom is -0.496 e. The third-order valence-electron chi connectivity index (χ3n) is 7.70. The lowest BCUT2D eigenvalue weighted by Crippen LogP contribution is -2.43. The Labute approximate surface area is 189 Å². The van der Waals surface area contributed by atoms with E-state index in [1.54, 1.807) is 14.2 Å². The molecule has 174 valence electrons. The predicted octanol–water partition coefficient (Wildman–Crippen LogP) is 6.41. The molecule has 0 N–H and O–H groups in total. The molecule has 4 nitrogen and oxygen atoms in total. The number of unbranched alkanes of at least 4 members (excludes halogenated alkanes) is 3. The monoisotopic (exact) mass is 430 g/mol. The molecule has 2 saturated carbocycles. The summed E-state index contributed by atoms with van der Waals surface area (Å²) in [5.41, 5.74) is 2.67. The summed E-state index contributed by atoms with van der Waals surface area (Å²) in [5.74, 6) is 2.09. The fourth-order valence-electron chi connectivity index (χ4n) is 5.71. The van der Waals surface area contributed by atoms with Gasteiger partial charge < -0.3 is 14.2 Å². The van der Waals surface area contributed by atoms with Crippen molar-refractivity contribution in [3.63, 3.8) is 0 Å². The Morgan fingerprint density at radius 1 is 1.06 bits per heavy atom. The lowest BCUT2D eigenvalue weighted by molar-refractivity contribution is -0.147. The number of benzene rings is 1. The Morgan fingerprint density at radius 3 is 2.58 bits per heavy atom. The van der Waals surface area contributed by atoms with Crippen molar-refractivity contribution in [3.8, 4) is 5.75 Å². The maximum Gasteiger partial charge on any atom is 0.146 e. The van der Waals surface area contributed by atoms with Crippen LogP contribution in [0.3, 0.4) is 0 Å². The molecule has 4 heteroatoms. The van der Waals surface area contributed by atoms with Gasteiger partial charge in [0.1, 0.15) is 18.3 Å². The summed E-state index contributed by atoms with van der Waals surface area (Å²) in [5, 5.41) is 0. The Hall–Kier alpha value is -1.39. The van der Waals surface area contributed by atoms with Gasteiger partial charge in [-0.05, 0) is 60.1 Å². The van der Waals surface area contributed by atoms with Crippen molar-refractivity contribution in [3.05, 3.63) is 29.3 Å². The molecule has 0 saturated heterocycles. The van der Waals surface area contributed by atoms with Gasteiger partial charge in [0.25, 0.3) is 0 Å². The first kappa shape index (κ1) is 24.3. The molecule has 0 aliphatic heterocycles. The largest absolute Gasteiger partial charge is 0.496 e. The van der Waals surface area contributed by atoms with Gasteiger partial charge >= 0.3 is 0 Å². The van der Waals surface area contributed by atoms with Gasteiger partial charge in [0.05, 0.1) is 13.2 Å². The second-order valence-corrected chi connectivity index (χ2v) is 10.2. The molecular formula is C27H42O4. The first-order valence-corrected chi connectivity index (χ1v) is 12.2. The molecule has 0 aromatic heterocycles. The van der Waals surface area contributed by atoms with E-state index in [-0.39, 0.29) is 30.1 Å². The van der Waals surface area contributed by atoms with Gasteiger partial charge in [-0.3, -0.25) is 4.79 Å². The van der Waals surface area contributed by atoms with Crippen LogP contribution >= 0.6 is 0 Å². The summed E-state index contributed by atoms with van der Waals surface area (Å²) in [6.45, 7) is 7.20. The number of ether oxygens (including phenoxy) is 3. The van der Waals surface area contributed by atoms with Crippen LogP contribution in [0.25, 0.3) is 0 Å². The molecule has 2 aliphatic rings. The summed E-state index contributed by atoms with van der Waals surface area (Å²) in [6, 6.07) is 6.76. The second kappa shape index (κ2) is 11.0. The molecule has 31 heavy (non-hydrogen) atoms. The molecule has 0 spiro atoms. The predicted molar refractivity (Wildman–Crippen MR) is 125 cm³/mol. The van der Waals surface area contributed by atoms with Crippen LogP contribution in [0.1, 0.15) is 95.6 Å². The van der Waals surface area contributed by atoms with Crippen molar-refractivity contribution in [2.45, 2.75) is 96.0 Å². The number of methoxy groups -OCH3 is 2. The Morgan fingerprint density at radius 2 is 1.87 bits per heavy atom. The molecule has 1 aromatic carbocycles. The summed E-state index contributed by atoms with van der Waals surface area (Å²) in [6.07, 6.45) is 9.90. The van der Waals surface area contributed by atoms with Crippen molar-refractivity contribution in [2.24, 2.45) is 11.8 Å². The Balaban J connectivity index is 1.74. The molecule has 0 unspecified atom stereocenters. The second-order valence-electron chi connectivity index (χ2n) is 10.2. The molecule has 3 rings (SSSR count). The maximum atomic E-state index is 13.0. The van der Waals surface area contributed by atoms with Crippen molar-refractivity contribution in [1.82, 2.24) is 0 Å². The van der Waals surface area contributed by atoms with E-state index >= 15 is 0 Å². The van der Waals surface area contributed by atoms with Gasteiger partial charge in [-0.1, -0.05) is 58.6 Å². The van der Waals surface area contributed by atoms with E-state index < -0.39 is 0 Å². The number of hydrogen-bond donors (Lipinski definition) is 0. The highest BCUT2D eigenvalue weighted by Gasteiger charge is 2.45. The van der Waals surface area contributed by atoms with Crippen LogP contribution < -0.4 is 4.74 Å². The van der Waals surface area contributed by atoms with E-state index in [9.17, 15) is 4.79 Å². The normalized spacial score (nSPS) is 26.2. The van der Waals surface area contributed by atoms with E-state index in [0.29, 0.717) is 18.1 Å². The average molecular weight is 431 g/mol. The number of rotatable bonds is 11. The molecule has 1 aromatic rings. The van der Waals surface area contributed by atoms with Crippen LogP contribution in [-0.2, 0) is 19.7 Å². The third kappa shape index (κ3) is 5.70. The quantitative estimate of drug-likeness (QED) is 0.301. The number of hydrogen-bond acceptors (Lipinski definition) is 4. The Bertz CT molecular complexity index is 726. The van der Waals surface area contributed by atoms with Crippen LogP contribution in [0.4, 0.5) is 0 Å². The van der Waals surface area contributed by atoms with Gasteiger partial charge in [-0.15, -0.1) is 0 Å². The lowest BCUT2D eigenvalue weighted by Gasteiger charge is -2.43. The van der Waals surface area contributed by atoms with E-state index in [1.165, 1.54) is 43.2 Å². The summed E-state index contributed by atoms with van der Waals surface area (Å²) >= 11 is 0. The molecule has 0 radical (unpaired) electrons. The fraction of sp³-hybridized carbons (Fsp3) is 0.741. The minimum atomic E-state index is 0.0161. The van der Waals surface area contributed by atoms with Gasteiger partial charge in [0.2, 0.25) is 0 Å². The van der Waals surface area contributed by atoms with Crippen molar-refractivity contribution < 1.29 is 19.0 Å². The van der Waals surface area contributed by atoms with Crippen molar-refractivity contribution in [1.29, 1.82) is 0 Å². The number of carbonyl (C=O) groups is 1. The SMILES string of the molecule is CCCCCCC(C)(C)c1ccc([C@@H]2CC(=O)[C@@H]3C[C@H]2CC[C@@H]3OCOC)c(OC)c1. The third-order valence-corrected chi connectivity index (χ3v) is 7.70. The van der Waals surface area contributed by atoms with Crippen LogP contribution in [0.5, 0.6) is 5.75 Å². The molecular weight excluding hydrogens is 388 g/mol. The summed E-state index contributed by atoms with van der Waals surface area (Å²) < 4.78 is 16.7. The van der Waals surface area contributed by atoms with Crippen LogP contribution in [-0.4, -0.2) is 32.9 Å². The minimum absolute atomic E-state index is 0.0161. The van der Waals surface area contributed by atoms with Crippen molar-refractivity contribution in [2.75, 3.05) is 21.0 Å². The topological polar surface area (TPSA) is 44.8 Å². The molecule has 2 aliphatic carbocycles. The number of carbonyl (C=O) groups excluding carboxylic acids is 1. The van der Waals surface area contributed by atoms with Gasteiger partial charge in [-0.2, -0.15) is 0 Å². The fourth-order valence-corrected chi connectivity index (χ4v) is 5.71. The van der Waals surface area contributed by atoms with E-state index in [1.807, 2.05) is 0 Å². The standard InChI is InChI=1S/C27H42O4/c1-6-7-8-9-14-27(2,3)20-11-12-21(26(16-20)30-5)22-17-24(28)23-15-19(22)10-13-25(23)31-18-29-4/h11-12,16,19,22-23,25H,6-10,13-15,17-18H2,1-5H3/t19-,22-,23+,25+/m1/s1. The van der Waals surface area contributed by atoms with E-state index in [0.717, 1.165) is 25.0 Å². The number of ketones is 1. The molecule has 2 fully saturated rings. The highest BCUT2D eigenvalue weighted by atomic mass is 16.7. The highest BCUT2D eigenvalue weighted by Crippen LogP contribution is 2.49. The maximum absolute atomic E-state index is 13.0. The highest BCUT2D eigenvalue weighted by molar-refractivity contribution is 5.84. The molecule has 0 amide bonds. The zero-order valence-electron chi connectivity index (χ0n) is 20.2. The van der Waals surface area contributed by atoms with E-state index in [2.05, 4.69) is 39.0 Å². The summed E-state index contributed by atoms with van der Waals surface area (Å²) in [4.78, 5) is 13.0. The van der Waals surface area contributed by atoms with Crippen LogP contribution in [0, 0.1) is 11.8 Å². The lowest BCUT2D eigenvalue weighted by atomic mass is 9.63. The summed E-state index contributed by atoms with van der Waals surface area (Å²) in [7, 11) is 3.40. The number of fused-ring (bicyclic) bond motifs is 2. The van der Waals surface area contributed by atoms with E-state index in [4.69, 9.17) is 14.2 Å². The molecule has 0 heterocycles.